The van der Waals surface area contributed by atoms with E-state index in [2.05, 4.69) is 10.2 Å². The number of aryl methyl sites for hydroxylation is 1. The van der Waals surface area contributed by atoms with Crippen molar-refractivity contribution < 1.29 is 23.5 Å². The minimum absolute atomic E-state index is 0.0629. The van der Waals surface area contributed by atoms with Crippen molar-refractivity contribution >= 4 is 11.9 Å². The summed E-state index contributed by atoms with van der Waals surface area (Å²) in [4.78, 5) is 26.1. The number of aromatic nitrogens is 2. The van der Waals surface area contributed by atoms with Crippen LogP contribution in [0.15, 0.2) is 34.7 Å². The highest BCUT2D eigenvalue weighted by molar-refractivity contribution is 5.78. The van der Waals surface area contributed by atoms with Crippen LogP contribution >= 0.6 is 0 Å². The van der Waals surface area contributed by atoms with Gasteiger partial charge in [0.1, 0.15) is 0 Å². The van der Waals surface area contributed by atoms with Crippen LogP contribution < -0.4 is 0 Å². The number of rotatable bonds is 7. The van der Waals surface area contributed by atoms with Crippen molar-refractivity contribution in [3.63, 3.8) is 0 Å². The maximum Gasteiger partial charge on any atom is 0.307 e. The summed E-state index contributed by atoms with van der Waals surface area (Å²) in [6.07, 6.45) is 0.718. The number of nitrogens with zero attached hydrogens (tertiary/aromatic N) is 3. The topological polar surface area (TPSA) is 94.8 Å². The Morgan fingerprint density at radius 3 is 2.85 bits per heavy atom. The number of carbonyl (C=O) groups excluding carboxylic acids is 2. The second-order valence-corrected chi connectivity index (χ2v) is 6.19. The van der Waals surface area contributed by atoms with E-state index in [0.29, 0.717) is 44.6 Å². The van der Waals surface area contributed by atoms with Gasteiger partial charge >= 0.3 is 5.97 Å². The predicted octanol–water partition coefficient (Wildman–Crippen LogP) is 1.85. The molecule has 27 heavy (non-hydrogen) atoms. The SMILES string of the molecule is CCOC(=O)C[C@@H]1COCCN1C(=O)CCc1nnc(-c2ccccc2)o1. The van der Waals surface area contributed by atoms with E-state index in [1.807, 2.05) is 30.3 Å². The standard InChI is InChI=1S/C19H23N3O5/c1-2-26-18(24)12-15-13-25-11-10-22(15)17(23)9-8-16-20-21-19(27-16)14-6-4-3-5-7-14/h3-7,15H,2,8-13H2,1H3/t15-/m1/s1. The Balaban J connectivity index is 1.56. The Bertz CT molecular complexity index is 762. The first-order chi connectivity index (χ1) is 13.2. The van der Waals surface area contributed by atoms with Crippen molar-refractivity contribution in [2.24, 2.45) is 0 Å². The molecule has 0 aliphatic carbocycles. The molecule has 144 valence electrons. The molecule has 1 aromatic heterocycles. The molecule has 1 saturated heterocycles. The molecule has 1 aromatic carbocycles. The summed E-state index contributed by atoms with van der Waals surface area (Å²) < 4.78 is 16.0. The zero-order chi connectivity index (χ0) is 19.1. The van der Waals surface area contributed by atoms with Gasteiger partial charge in [-0.05, 0) is 19.1 Å². The Labute approximate surface area is 157 Å². The van der Waals surface area contributed by atoms with Crippen LogP contribution in [0.2, 0.25) is 0 Å². The number of morpholine rings is 1. The lowest BCUT2D eigenvalue weighted by atomic mass is 10.1. The van der Waals surface area contributed by atoms with Crippen LogP contribution in [0, 0.1) is 0 Å². The highest BCUT2D eigenvalue weighted by Crippen LogP contribution is 2.18. The Hall–Kier alpha value is -2.74. The molecule has 8 heteroatoms. The van der Waals surface area contributed by atoms with E-state index in [1.54, 1.807) is 11.8 Å². The average Bonchev–Trinajstić information content (AvgIpc) is 3.16. The van der Waals surface area contributed by atoms with Crippen LogP contribution in [0.25, 0.3) is 11.5 Å². The number of hydrogen-bond donors (Lipinski definition) is 0. The Morgan fingerprint density at radius 2 is 2.07 bits per heavy atom. The quantitative estimate of drug-likeness (QED) is 0.684. The molecule has 1 aliphatic rings. The second kappa shape index (κ2) is 9.27. The van der Waals surface area contributed by atoms with E-state index in [9.17, 15) is 9.59 Å². The lowest BCUT2D eigenvalue weighted by Crippen LogP contribution is -2.49. The molecule has 1 fully saturated rings. The zero-order valence-electron chi connectivity index (χ0n) is 15.3. The van der Waals surface area contributed by atoms with Gasteiger partial charge in [0.2, 0.25) is 17.7 Å². The minimum Gasteiger partial charge on any atom is -0.466 e. The fraction of sp³-hybridized carbons (Fsp3) is 0.474. The molecule has 3 rings (SSSR count). The highest BCUT2D eigenvalue weighted by atomic mass is 16.5. The zero-order valence-corrected chi connectivity index (χ0v) is 15.3. The van der Waals surface area contributed by atoms with Gasteiger partial charge in [0, 0.05) is 24.9 Å². The lowest BCUT2D eigenvalue weighted by molar-refractivity contribution is -0.150. The van der Waals surface area contributed by atoms with Gasteiger partial charge in [0.05, 0.1) is 32.3 Å². The van der Waals surface area contributed by atoms with E-state index in [0.717, 1.165) is 5.56 Å². The molecule has 2 heterocycles. The summed E-state index contributed by atoms with van der Waals surface area (Å²) in [5.74, 6) is 0.462. The fourth-order valence-electron chi connectivity index (χ4n) is 2.97. The van der Waals surface area contributed by atoms with E-state index in [-0.39, 0.29) is 30.8 Å². The summed E-state index contributed by atoms with van der Waals surface area (Å²) in [6.45, 7) is 3.34. The first-order valence-electron chi connectivity index (χ1n) is 9.08. The van der Waals surface area contributed by atoms with E-state index >= 15 is 0 Å². The number of carbonyl (C=O) groups is 2. The molecular formula is C19H23N3O5. The summed E-state index contributed by atoms with van der Waals surface area (Å²) in [5.41, 5.74) is 0.838. The molecule has 1 amide bonds. The molecule has 0 N–H and O–H groups in total. The predicted molar refractivity (Wildman–Crippen MR) is 95.6 cm³/mol. The van der Waals surface area contributed by atoms with Crippen molar-refractivity contribution in [2.45, 2.75) is 32.2 Å². The third-order valence-electron chi connectivity index (χ3n) is 4.30. The van der Waals surface area contributed by atoms with Crippen molar-refractivity contribution in [3.8, 4) is 11.5 Å². The van der Waals surface area contributed by atoms with Gasteiger partial charge in [-0.25, -0.2) is 0 Å². The van der Waals surface area contributed by atoms with Gasteiger partial charge in [0.15, 0.2) is 0 Å². The third kappa shape index (κ3) is 5.13. The van der Waals surface area contributed by atoms with Gasteiger partial charge < -0.3 is 18.8 Å². The summed E-state index contributed by atoms with van der Waals surface area (Å²) >= 11 is 0. The summed E-state index contributed by atoms with van der Waals surface area (Å²) in [5, 5.41) is 8.04. The van der Waals surface area contributed by atoms with Crippen molar-refractivity contribution in [2.75, 3.05) is 26.4 Å². The van der Waals surface area contributed by atoms with Crippen molar-refractivity contribution in [1.82, 2.24) is 15.1 Å². The number of amides is 1. The molecule has 0 bridgehead atoms. The van der Waals surface area contributed by atoms with Crippen LogP contribution in [-0.4, -0.2) is 59.4 Å². The smallest absolute Gasteiger partial charge is 0.307 e. The number of esters is 1. The summed E-state index contributed by atoms with van der Waals surface area (Å²) in [7, 11) is 0. The van der Waals surface area contributed by atoms with Crippen LogP contribution in [-0.2, 0) is 25.5 Å². The molecule has 0 saturated carbocycles. The monoisotopic (exact) mass is 373 g/mol. The molecule has 8 nitrogen and oxygen atoms in total. The molecule has 0 spiro atoms. The molecule has 0 unspecified atom stereocenters. The van der Waals surface area contributed by atoms with Crippen molar-refractivity contribution in [1.29, 1.82) is 0 Å². The van der Waals surface area contributed by atoms with Gasteiger partial charge in [-0.1, -0.05) is 18.2 Å². The average molecular weight is 373 g/mol. The van der Waals surface area contributed by atoms with E-state index in [1.165, 1.54) is 0 Å². The van der Waals surface area contributed by atoms with Gasteiger partial charge in [-0.3, -0.25) is 9.59 Å². The lowest BCUT2D eigenvalue weighted by Gasteiger charge is -2.35. The van der Waals surface area contributed by atoms with Gasteiger partial charge in [-0.2, -0.15) is 0 Å². The van der Waals surface area contributed by atoms with Gasteiger partial charge in [-0.15, -0.1) is 10.2 Å². The van der Waals surface area contributed by atoms with Crippen molar-refractivity contribution in [3.05, 3.63) is 36.2 Å². The van der Waals surface area contributed by atoms with Crippen LogP contribution in [0.3, 0.4) is 0 Å². The fourth-order valence-corrected chi connectivity index (χ4v) is 2.97. The molecule has 0 radical (unpaired) electrons. The Morgan fingerprint density at radius 1 is 1.26 bits per heavy atom. The molecule has 1 aliphatic heterocycles. The molecular weight excluding hydrogens is 350 g/mol. The highest BCUT2D eigenvalue weighted by Gasteiger charge is 2.29. The number of hydrogen-bond acceptors (Lipinski definition) is 7. The normalized spacial score (nSPS) is 16.9. The Kier molecular flexibility index (Phi) is 6.54. The first-order valence-corrected chi connectivity index (χ1v) is 9.08. The van der Waals surface area contributed by atoms with Crippen LogP contribution in [0.5, 0.6) is 0 Å². The molecule has 2 aromatic rings. The minimum atomic E-state index is -0.324. The number of benzene rings is 1. The second-order valence-electron chi connectivity index (χ2n) is 6.19. The van der Waals surface area contributed by atoms with E-state index < -0.39 is 0 Å². The third-order valence-corrected chi connectivity index (χ3v) is 4.30. The maximum absolute atomic E-state index is 12.6. The van der Waals surface area contributed by atoms with E-state index in [4.69, 9.17) is 13.9 Å². The van der Waals surface area contributed by atoms with Gasteiger partial charge in [0.25, 0.3) is 0 Å². The molecule has 1 atom stereocenters. The first kappa shape index (κ1) is 19.0. The van der Waals surface area contributed by atoms with Crippen LogP contribution in [0.4, 0.5) is 0 Å². The number of ether oxygens (including phenoxy) is 2. The maximum atomic E-state index is 12.6. The largest absolute Gasteiger partial charge is 0.466 e. The summed E-state index contributed by atoms with van der Waals surface area (Å²) in [6, 6.07) is 9.17. The van der Waals surface area contributed by atoms with Crippen LogP contribution in [0.1, 0.15) is 25.7 Å².